The van der Waals surface area contributed by atoms with E-state index in [1.807, 2.05) is 0 Å². The molecule has 0 heterocycles. The van der Waals surface area contributed by atoms with Crippen LogP contribution in [0.2, 0.25) is 0 Å². The zero-order valence-electron chi connectivity index (χ0n) is 11.6. The van der Waals surface area contributed by atoms with Crippen LogP contribution < -0.4 is 4.72 Å². The van der Waals surface area contributed by atoms with Gasteiger partial charge in [0.25, 0.3) is 5.69 Å². The Morgan fingerprint density at radius 3 is 2.57 bits per heavy atom. The smallest absolute Gasteiger partial charge is 0.307 e. The third kappa shape index (κ3) is 3.99. The molecule has 2 N–H and O–H groups in total. The second-order valence-corrected chi connectivity index (χ2v) is 6.19. The number of nitrogens with one attached hydrogen (secondary N) is 1. The molecule has 0 saturated heterocycles. The lowest BCUT2D eigenvalue weighted by Gasteiger charge is -2.13. The monoisotopic (exact) mass is 316 g/mol. The van der Waals surface area contributed by atoms with Gasteiger partial charge in [-0.1, -0.05) is 13.0 Å². The first-order chi connectivity index (χ1) is 9.70. The molecule has 21 heavy (non-hydrogen) atoms. The van der Waals surface area contributed by atoms with Crippen molar-refractivity contribution in [3.63, 3.8) is 0 Å². The van der Waals surface area contributed by atoms with Gasteiger partial charge in [0.15, 0.2) is 0 Å². The van der Waals surface area contributed by atoms with Crippen molar-refractivity contribution in [2.45, 2.75) is 25.2 Å². The van der Waals surface area contributed by atoms with Crippen LogP contribution in [-0.4, -0.2) is 31.0 Å². The Kier molecular flexibility index (Phi) is 5.39. The highest BCUT2D eigenvalue weighted by Gasteiger charge is 2.24. The summed E-state index contributed by atoms with van der Waals surface area (Å²) in [6, 6.07) is 3.72. The first kappa shape index (κ1) is 17.1. The summed E-state index contributed by atoms with van der Waals surface area (Å²) in [5.41, 5.74) is -0.290. The van der Waals surface area contributed by atoms with Gasteiger partial charge in [-0.05, 0) is 19.4 Å². The number of hydrogen-bond donors (Lipinski definition) is 2. The average Bonchev–Trinajstić information content (AvgIpc) is 2.38. The molecular formula is C12H16N2O6S. The molecule has 0 amide bonds. The molecule has 0 saturated carbocycles. The lowest BCUT2D eigenvalue weighted by Crippen LogP contribution is -2.33. The fraction of sp³-hybridized carbons (Fsp3) is 0.417. The fourth-order valence-electron chi connectivity index (χ4n) is 1.79. The molecular weight excluding hydrogens is 300 g/mol. The second kappa shape index (κ2) is 6.64. The summed E-state index contributed by atoms with van der Waals surface area (Å²) >= 11 is 0. The maximum atomic E-state index is 12.1. The quantitative estimate of drug-likeness (QED) is 0.576. The second-order valence-electron chi connectivity index (χ2n) is 4.45. The predicted molar refractivity (Wildman–Crippen MR) is 74.4 cm³/mol. The van der Waals surface area contributed by atoms with Crippen LogP contribution in [0.4, 0.5) is 5.69 Å². The number of nitro groups is 1. The standard InChI is InChI=1S/C12H16N2O6S/c1-3-9(12(15)16)7-13-21(19,20)11-6-4-5-10(8(11)2)14(17)18/h4-6,9,13H,3,7H2,1-2H3,(H,15,16). The van der Waals surface area contributed by atoms with Crippen LogP contribution in [0.25, 0.3) is 0 Å². The highest BCUT2D eigenvalue weighted by Crippen LogP contribution is 2.24. The Morgan fingerprint density at radius 1 is 1.48 bits per heavy atom. The van der Waals surface area contributed by atoms with E-state index in [2.05, 4.69) is 4.72 Å². The summed E-state index contributed by atoms with van der Waals surface area (Å²) in [5, 5.41) is 19.7. The largest absolute Gasteiger partial charge is 0.481 e. The molecule has 0 aliphatic heterocycles. The number of nitrogens with zero attached hydrogens (tertiary/aromatic N) is 1. The van der Waals surface area contributed by atoms with Crippen LogP contribution in [0.5, 0.6) is 0 Å². The number of carbonyl (C=O) groups is 1. The fourth-order valence-corrected chi connectivity index (χ4v) is 3.13. The van der Waals surface area contributed by atoms with Crippen molar-refractivity contribution in [1.29, 1.82) is 0 Å². The first-order valence-corrected chi connectivity index (χ1v) is 7.65. The van der Waals surface area contributed by atoms with Crippen molar-refractivity contribution in [2.75, 3.05) is 6.54 Å². The van der Waals surface area contributed by atoms with E-state index in [0.29, 0.717) is 0 Å². The van der Waals surface area contributed by atoms with Gasteiger partial charge in [0.05, 0.1) is 15.7 Å². The highest BCUT2D eigenvalue weighted by molar-refractivity contribution is 7.89. The normalized spacial score (nSPS) is 12.9. The molecule has 1 atom stereocenters. The third-order valence-electron chi connectivity index (χ3n) is 3.10. The van der Waals surface area contributed by atoms with E-state index in [1.165, 1.54) is 25.1 Å². The van der Waals surface area contributed by atoms with E-state index in [4.69, 9.17) is 5.11 Å². The summed E-state index contributed by atoms with van der Waals surface area (Å²) in [5.74, 6) is -1.95. The number of carboxylic acids is 1. The topological polar surface area (TPSA) is 127 Å². The lowest BCUT2D eigenvalue weighted by molar-refractivity contribution is -0.385. The number of hydrogen-bond acceptors (Lipinski definition) is 5. The highest BCUT2D eigenvalue weighted by atomic mass is 32.2. The molecule has 116 valence electrons. The summed E-state index contributed by atoms with van der Waals surface area (Å²) in [7, 11) is -4.00. The van der Waals surface area contributed by atoms with Gasteiger partial charge in [-0.3, -0.25) is 14.9 Å². The number of benzene rings is 1. The molecule has 0 aromatic heterocycles. The molecule has 0 bridgehead atoms. The van der Waals surface area contributed by atoms with Crippen molar-refractivity contribution in [3.05, 3.63) is 33.9 Å². The van der Waals surface area contributed by atoms with Gasteiger partial charge in [0.1, 0.15) is 0 Å². The minimum atomic E-state index is -4.00. The van der Waals surface area contributed by atoms with Crippen LogP contribution in [-0.2, 0) is 14.8 Å². The number of rotatable bonds is 7. The van der Waals surface area contributed by atoms with E-state index < -0.39 is 26.8 Å². The van der Waals surface area contributed by atoms with Crippen LogP contribution in [0.3, 0.4) is 0 Å². The van der Waals surface area contributed by atoms with Crippen LogP contribution in [0, 0.1) is 23.0 Å². The number of aliphatic carboxylic acids is 1. The number of sulfonamides is 1. The van der Waals surface area contributed by atoms with Crippen molar-refractivity contribution in [1.82, 2.24) is 4.72 Å². The van der Waals surface area contributed by atoms with E-state index in [9.17, 15) is 23.3 Å². The van der Waals surface area contributed by atoms with Gasteiger partial charge >= 0.3 is 5.97 Å². The zero-order valence-corrected chi connectivity index (χ0v) is 12.4. The third-order valence-corrected chi connectivity index (χ3v) is 4.67. The van der Waals surface area contributed by atoms with Crippen molar-refractivity contribution < 1.29 is 23.2 Å². The van der Waals surface area contributed by atoms with Gasteiger partial charge < -0.3 is 5.11 Å². The van der Waals surface area contributed by atoms with E-state index in [1.54, 1.807) is 6.92 Å². The van der Waals surface area contributed by atoms with E-state index in [0.717, 1.165) is 0 Å². The molecule has 0 radical (unpaired) electrons. The lowest BCUT2D eigenvalue weighted by atomic mass is 10.1. The molecule has 9 heteroatoms. The Balaban J connectivity index is 3.07. The van der Waals surface area contributed by atoms with Gasteiger partial charge in [-0.15, -0.1) is 0 Å². The van der Waals surface area contributed by atoms with E-state index in [-0.39, 0.29) is 29.1 Å². The molecule has 0 spiro atoms. The molecule has 0 aliphatic rings. The number of carboxylic acid groups (broad SMARTS) is 1. The van der Waals surface area contributed by atoms with Crippen molar-refractivity contribution in [2.24, 2.45) is 5.92 Å². The minimum absolute atomic E-state index is 0.0124. The zero-order chi connectivity index (χ0) is 16.2. The van der Waals surface area contributed by atoms with Crippen LogP contribution >= 0.6 is 0 Å². The van der Waals surface area contributed by atoms with Gasteiger partial charge in [-0.25, -0.2) is 13.1 Å². The minimum Gasteiger partial charge on any atom is -0.481 e. The van der Waals surface area contributed by atoms with Gasteiger partial charge in [-0.2, -0.15) is 0 Å². The molecule has 0 aliphatic carbocycles. The SMILES string of the molecule is CCC(CNS(=O)(=O)c1cccc([N+](=O)[O-])c1C)C(=O)O. The summed E-state index contributed by atoms with van der Waals surface area (Å²) < 4.78 is 26.5. The summed E-state index contributed by atoms with van der Waals surface area (Å²) in [6.07, 6.45) is 0.270. The molecule has 0 fully saturated rings. The molecule has 1 aromatic carbocycles. The average molecular weight is 316 g/mol. The van der Waals surface area contributed by atoms with Gasteiger partial charge in [0, 0.05) is 18.2 Å². The summed E-state index contributed by atoms with van der Waals surface area (Å²) in [6.45, 7) is 2.70. The molecule has 1 unspecified atom stereocenters. The van der Waals surface area contributed by atoms with Crippen molar-refractivity contribution >= 4 is 21.7 Å². The Bertz CT molecular complexity index is 656. The number of nitro benzene ring substituents is 1. The van der Waals surface area contributed by atoms with Crippen LogP contribution in [0.15, 0.2) is 23.1 Å². The molecule has 1 rings (SSSR count). The van der Waals surface area contributed by atoms with Crippen LogP contribution in [0.1, 0.15) is 18.9 Å². The molecule has 8 nitrogen and oxygen atoms in total. The van der Waals surface area contributed by atoms with E-state index >= 15 is 0 Å². The Morgan fingerprint density at radius 2 is 2.10 bits per heavy atom. The molecule has 1 aromatic rings. The summed E-state index contributed by atoms with van der Waals surface area (Å²) in [4.78, 5) is 20.8. The Hall–Kier alpha value is -2.00. The Labute approximate surface area is 122 Å². The van der Waals surface area contributed by atoms with Crippen molar-refractivity contribution in [3.8, 4) is 0 Å². The predicted octanol–water partition coefficient (Wildman–Crippen LogP) is 1.29. The first-order valence-electron chi connectivity index (χ1n) is 6.17. The van der Waals surface area contributed by atoms with Gasteiger partial charge in [0.2, 0.25) is 10.0 Å². The maximum absolute atomic E-state index is 12.1. The maximum Gasteiger partial charge on any atom is 0.307 e.